The fourth-order valence-corrected chi connectivity index (χ4v) is 4.94. The Bertz CT molecular complexity index is 781. The van der Waals surface area contributed by atoms with Crippen molar-refractivity contribution < 1.29 is 28.6 Å². The summed E-state index contributed by atoms with van der Waals surface area (Å²) in [5, 5.41) is 0. The van der Waals surface area contributed by atoms with Crippen LogP contribution in [0.3, 0.4) is 0 Å². The third-order valence-corrected chi connectivity index (χ3v) is 6.43. The van der Waals surface area contributed by atoms with Crippen LogP contribution >= 0.6 is 11.8 Å². The molecule has 1 aromatic carbocycles. The van der Waals surface area contributed by atoms with Crippen LogP contribution in [0.2, 0.25) is 0 Å². The second kappa shape index (κ2) is 6.50. The molecule has 8 heteroatoms. The van der Waals surface area contributed by atoms with Gasteiger partial charge in [0.15, 0.2) is 23.9 Å². The van der Waals surface area contributed by atoms with Crippen LogP contribution in [0.4, 0.5) is 0 Å². The van der Waals surface area contributed by atoms with Crippen LogP contribution in [0.15, 0.2) is 18.2 Å². The highest BCUT2D eigenvalue weighted by Gasteiger charge is 2.53. The molecule has 3 heterocycles. The van der Waals surface area contributed by atoms with Crippen molar-refractivity contribution in [1.82, 2.24) is 4.90 Å². The van der Waals surface area contributed by atoms with Gasteiger partial charge in [-0.1, -0.05) is 0 Å². The number of fused-ring (bicyclic) bond motifs is 2. The Morgan fingerprint density at radius 3 is 2.88 bits per heavy atom. The molecule has 0 spiro atoms. The average Bonchev–Trinajstić information content (AvgIpc) is 3.15. The fraction of sp³-hybridized carbons (Fsp3) is 0.500. The first kappa shape index (κ1) is 17.2. The number of carbonyl (C=O) groups is 3. The highest BCUT2D eigenvalue weighted by molar-refractivity contribution is 8.01. The van der Waals surface area contributed by atoms with Crippen LogP contribution in [0.5, 0.6) is 11.5 Å². The van der Waals surface area contributed by atoms with Crippen molar-refractivity contribution in [3.63, 3.8) is 0 Å². The lowest BCUT2D eigenvalue weighted by atomic mass is 10.1. The number of hydrogen-bond donors (Lipinski definition) is 0. The van der Waals surface area contributed by atoms with Gasteiger partial charge < -0.3 is 19.1 Å². The van der Waals surface area contributed by atoms with E-state index >= 15 is 0 Å². The smallest absolute Gasteiger partial charge is 0.330 e. The van der Waals surface area contributed by atoms with E-state index in [4.69, 9.17) is 14.2 Å². The van der Waals surface area contributed by atoms with Crippen LogP contribution in [-0.4, -0.2) is 59.0 Å². The summed E-state index contributed by atoms with van der Waals surface area (Å²) in [6.45, 7) is 2.52. The predicted octanol–water partition coefficient (Wildman–Crippen LogP) is 1.64. The third-order valence-electron chi connectivity index (χ3n) is 4.93. The van der Waals surface area contributed by atoms with Gasteiger partial charge in [0.05, 0.1) is 4.87 Å². The zero-order valence-electron chi connectivity index (χ0n) is 14.4. The molecule has 4 rings (SSSR count). The minimum atomic E-state index is -0.618. The molecule has 0 bridgehead atoms. The molecule has 2 atom stereocenters. The van der Waals surface area contributed by atoms with E-state index in [1.165, 1.54) is 0 Å². The normalized spacial score (nSPS) is 26.6. The second-order valence-electron chi connectivity index (χ2n) is 6.65. The molecular formula is C18H19NO6S. The lowest BCUT2D eigenvalue weighted by Gasteiger charge is -2.29. The van der Waals surface area contributed by atoms with E-state index in [1.807, 2.05) is 6.92 Å². The highest BCUT2D eigenvalue weighted by Crippen LogP contribution is 2.47. The number of benzene rings is 1. The van der Waals surface area contributed by atoms with Gasteiger partial charge in [0.25, 0.3) is 0 Å². The number of thioether (sulfide) groups is 1. The number of carbonyl (C=O) groups excluding carboxylic acids is 3. The lowest BCUT2D eigenvalue weighted by molar-refractivity contribution is -0.152. The lowest BCUT2D eigenvalue weighted by Crippen LogP contribution is -2.46. The summed E-state index contributed by atoms with van der Waals surface area (Å²) < 4.78 is 16.1. The Kier molecular flexibility index (Phi) is 4.30. The van der Waals surface area contributed by atoms with Gasteiger partial charge in [-0.3, -0.25) is 9.59 Å². The molecule has 0 unspecified atom stereocenters. The Hall–Kier alpha value is -2.22. The van der Waals surface area contributed by atoms with E-state index < -0.39 is 12.0 Å². The molecule has 7 nitrogen and oxygen atoms in total. The molecule has 1 aromatic rings. The molecule has 3 aliphatic rings. The zero-order chi connectivity index (χ0) is 18.3. The van der Waals surface area contributed by atoms with Crippen LogP contribution < -0.4 is 9.47 Å². The molecule has 138 valence electrons. The van der Waals surface area contributed by atoms with E-state index in [9.17, 15) is 14.4 Å². The standard InChI is InChI=1S/C18H19NO6S/c1-18-5-4-16(21)19(18)12(10-26-18)17(22)25-9-13(20)11-2-3-14-15(8-11)24-7-6-23-14/h2-3,8,12H,4-7,9-10H2,1H3/t12-,18-/m0/s1. The molecule has 0 aromatic heterocycles. The van der Waals surface area contributed by atoms with Crippen molar-refractivity contribution in [1.29, 1.82) is 0 Å². The Morgan fingerprint density at radius 2 is 2.08 bits per heavy atom. The Balaban J connectivity index is 1.39. The SMILES string of the molecule is C[C@]12CCC(=O)N1[C@H](C(=O)OCC(=O)c1ccc3c(c1)OCCO3)CS2. The summed E-state index contributed by atoms with van der Waals surface area (Å²) in [7, 11) is 0. The molecule has 0 radical (unpaired) electrons. The number of esters is 1. The first-order valence-corrected chi connectivity index (χ1v) is 9.52. The Morgan fingerprint density at radius 1 is 1.31 bits per heavy atom. The molecule has 0 saturated carbocycles. The van der Waals surface area contributed by atoms with Gasteiger partial charge in [-0.2, -0.15) is 0 Å². The van der Waals surface area contributed by atoms with E-state index in [2.05, 4.69) is 0 Å². The van der Waals surface area contributed by atoms with Crippen molar-refractivity contribution in [2.45, 2.75) is 30.7 Å². The average molecular weight is 377 g/mol. The molecule has 2 fully saturated rings. The number of rotatable bonds is 4. The zero-order valence-corrected chi connectivity index (χ0v) is 15.2. The fourth-order valence-electron chi connectivity index (χ4n) is 3.53. The maximum absolute atomic E-state index is 12.4. The van der Waals surface area contributed by atoms with E-state index in [1.54, 1.807) is 34.9 Å². The van der Waals surface area contributed by atoms with E-state index in [0.29, 0.717) is 42.4 Å². The summed E-state index contributed by atoms with van der Waals surface area (Å²) in [6.07, 6.45) is 1.18. The molecule has 0 aliphatic carbocycles. The molecule has 26 heavy (non-hydrogen) atoms. The van der Waals surface area contributed by atoms with Gasteiger partial charge in [-0.05, 0) is 31.5 Å². The quantitative estimate of drug-likeness (QED) is 0.583. The minimum absolute atomic E-state index is 0.0300. The second-order valence-corrected chi connectivity index (χ2v) is 8.16. The summed E-state index contributed by atoms with van der Waals surface area (Å²) in [5.41, 5.74) is 0.393. The van der Waals surface area contributed by atoms with Gasteiger partial charge in [0, 0.05) is 17.7 Å². The van der Waals surface area contributed by atoms with Crippen LogP contribution in [0, 0.1) is 0 Å². The van der Waals surface area contributed by atoms with E-state index in [-0.39, 0.29) is 23.2 Å². The summed E-state index contributed by atoms with van der Waals surface area (Å²) in [5.74, 6) is 0.731. The van der Waals surface area contributed by atoms with Gasteiger partial charge in [-0.25, -0.2) is 4.79 Å². The van der Waals surface area contributed by atoms with Gasteiger partial charge >= 0.3 is 5.97 Å². The minimum Gasteiger partial charge on any atom is -0.486 e. The van der Waals surface area contributed by atoms with Gasteiger partial charge in [-0.15, -0.1) is 11.8 Å². The number of ether oxygens (including phenoxy) is 3. The molecule has 3 aliphatic heterocycles. The van der Waals surface area contributed by atoms with Gasteiger partial charge in [0.2, 0.25) is 5.91 Å². The van der Waals surface area contributed by atoms with Crippen molar-refractivity contribution in [3.8, 4) is 11.5 Å². The number of ketones is 1. The van der Waals surface area contributed by atoms with Crippen LogP contribution in [0.25, 0.3) is 0 Å². The molecular weight excluding hydrogens is 358 g/mol. The number of Topliss-reactive ketones (excluding diaryl/α,β-unsaturated/α-hetero) is 1. The molecule has 0 N–H and O–H groups in total. The number of hydrogen-bond acceptors (Lipinski definition) is 7. The molecule has 2 saturated heterocycles. The number of nitrogens with zero attached hydrogens (tertiary/aromatic N) is 1. The Labute approximate surface area is 155 Å². The molecule has 1 amide bonds. The third kappa shape index (κ3) is 2.92. The summed E-state index contributed by atoms with van der Waals surface area (Å²) in [4.78, 5) is 38.1. The van der Waals surface area contributed by atoms with E-state index in [0.717, 1.165) is 6.42 Å². The summed E-state index contributed by atoms with van der Waals surface area (Å²) >= 11 is 1.59. The predicted molar refractivity (Wildman–Crippen MR) is 93.5 cm³/mol. The maximum Gasteiger partial charge on any atom is 0.330 e. The first-order chi connectivity index (χ1) is 12.5. The van der Waals surface area contributed by atoms with Crippen molar-refractivity contribution >= 4 is 29.4 Å². The monoisotopic (exact) mass is 377 g/mol. The maximum atomic E-state index is 12.4. The van der Waals surface area contributed by atoms with Crippen LogP contribution in [-0.2, 0) is 14.3 Å². The topological polar surface area (TPSA) is 82.1 Å². The highest BCUT2D eigenvalue weighted by atomic mass is 32.2. The van der Waals surface area contributed by atoms with Crippen molar-refractivity contribution in [2.24, 2.45) is 0 Å². The summed E-state index contributed by atoms with van der Waals surface area (Å²) in [6, 6.07) is 4.27. The van der Waals surface area contributed by atoms with Gasteiger partial charge in [0.1, 0.15) is 19.3 Å². The number of amides is 1. The van der Waals surface area contributed by atoms with Crippen molar-refractivity contribution in [2.75, 3.05) is 25.6 Å². The largest absolute Gasteiger partial charge is 0.486 e. The first-order valence-electron chi connectivity index (χ1n) is 8.53. The van der Waals surface area contributed by atoms with Crippen LogP contribution in [0.1, 0.15) is 30.1 Å². The van der Waals surface area contributed by atoms with Crippen molar-refractivity contribution in [3.05, 3.63) is 23.8 Å².